The zero-order valence-corrected chi connectivity index (χ0v) is 13.6. The first-order chi connectivity index (χ1) is 10.8. The van der Waals surface area contributed by atoms with E-state index in [-0.39, 0.29) is 9.92 Å². The van der Waals surface area contributed by atoms with Crippen molar-refractivity contribution < 1.29 is 22.3 Å². The molecule has 1 N–H and O–H groups in total. The van der Waals surface area contributed by atoms with Gasteiger partial charge in [-0.1, -0.05) is 41.9 Å². The Labute approximate surface area is 138 Å². The van der Waals surface area contributed by atoms with Crippen LogP contribution < -0.4 is 4.72 Å². The van der Waals surface area contributed by atoms with Crippen LogP contribution in [0.25, 0.3) is 0 Å². The number of hydrogen-bond acceptors (Lipinski definition) is 4. The fraction of sp³-hybridized carbons (Fsp3) is 0.133. The molecule has 5 nitrogen and oxygen atoms in total. The summed E-state index contributed by atoms with van der Waals surface area (Å²) in [5.41, 5.74) is 0.404. The number of benzene rings is 2. The van der Waals surface area contributed by atoms with Crippen molar-refractivity contribution in [3.8, 4) is 0 Å². The minimum atomic E-state index is -4.16. The first-order valence-corrected chi connectivity index (χ1v) is 8.31. The van der Waals surface area contributed by atoms with Crippen LogP contribution in [-0.4, -0.2) is 21.5 Å². The molecule has 0 radical (unpaired) electrons. The van der Waals surface area contributed by atoms with Crippen LogP contribution in [0.4, 0.5) is 4.39 Å². The van der Waals surface area contributed by atoms with Gasteiger partial charge in [-0.3, -0.25) is 0 Å². The maximum absolute atomic E-state index is 13.1. The summed E-state index contributed by atoms with van der Waals surface area (Å²) >= 11 is 5.78. The fourth-order valence-corrected chi connectivity index (χ4v) is 3.63. The minimum absolute atomic E-state index is 0.283. The van der Waals surface area contributed by atoms with Gasteiger partial charge in [0.2, 0.25) is 10.0 Å². The Morgan fingerprint density at radius 3 is 2.43 bits per heavy atom. The highest BCUT2D eigenvalue weighted by Gasteiger charge is 2.29. The predicted octanol–water partition coefficient (Wildman–Crippen LogP) is 2.67. The quantitative estimate of drug-likeness (QED) is 0.835. The van der Waals surface area contributed by atoms with Crippen molar-refractivity contribution >= 4 is 27.6 Å². The van der Waals surface area contributed by atoms with Gasteiger partial charge in [-0.05, 0) is 23.8 Å². The zero-order chi connectivity index (χ0) is 17.0. The molecule has 2 aromatic carbocycles. The van der Waals surface area contributed by atoms with Gasteiger partial charge in [-0.15, -0.1) is 0 Å². The van der Waals surface area contributed by atoms with E-state index < -0.39 is 27.9 Å². The van der Waals surface area contributed by atoms with Gasteiger partial charge in [-0.2, -0.15) is 4.72 Å². The summed E-state index contributed by atoms with van der Waals surface area (Å²) in [6, 6.07) is 9.83. The molecule has 0 aliphatic heterocycles. The standard InChI is InChI=1S/C15H13ClFNO4S/c1-22-15(19)14(10-5-3-2-4-6-10)18-23(20,21)13-8-7-11(17)9-12(13)16/h2-9,14,18H,1H3. The van der Waals surface area contributed by atoms with Crippen molar-refractivity contribution in [3.05, 3.63) is 64.9 Å². The van der Waals surface area contributed by atoms with E-state index in [0.717, 1.165) is 25.3 Å². The molecule has 8 heteroatoms. The number of rotatable bonds is 5. The molecular formula is C15H13ClFNO4S. The van der Waals surface area contributed by atoms with E-state index in [1.807, 2.05) is 0 Å². The first-order valence-electron chi connectivity index (χ1n) is 6.45. The third-order valence-electron chi connectivity index (χ3n) is 3.03. The van der Waals surface area contributed by atoms with E-state index >= 15 is 0 Å². The van der Waals surface area contributed by atoms with Crippen LogP contribution in [0, 0.1) is 5.82 Å². The molecule has 122 valence electrons. The van der Waals surface area contributed by atoms with Gasteiger partial charge in [0, 0.05) is 0 Å². The second-order valence-corrected chi connectivity index (χ2v) is 6.65. The number of nitrogens with one attached hydrogen (secondary N) is 1. The zero-order valence-electron chi connectivity index (χ0n) is 12.0. The van der Waals surface area contributed by atoms with E-state index in [2.05, 4.69) is 9.46 Å². The van der Waals surface area contributed by atoms with Gasteiger partial charge in [0.1, 0.15) is 16.8 Å². The van der Waals surface area contributed by atoms with Crippen molar-refractivity contribution in [3.63, 3.8) is 0 Å². The molecule has 1 atom stereocenters. The highest BCUT2D eigenvalue weighted by molar-refractivity contribution is 7.89. The van der Waals surface area contributed by atoms with Crippen molar-refractivity contribution in [2.75, 3.05) is 7.11 Å². The molecule has 0 amide bonds. The Balaban J connectivity index is 2.40. The van der Waals surface area contributed by atoms with E-state index in [0.29, 0.717) is 5.56 Å². The lowest BCUT2D eigenvalue weighted by atomic mass is 10.1. The monoisotopic (exact) mass is 357 g/mol. The molecular weight excluding hydrogens is 345 g/mol. The number of carbonyl (C=O) groups excluding carboxylic acids is 1. The number of sulfonamides is 1. The number of ether oxygens (including phenoxy) is 1. The van der Waals surface area contributed by atoms with Crippen LogP contribution in [0.5, 0.6) is 0 Å². The van der Waals surface area contributed by atoms with Gasteiger partial charge in [0.05, 0.1) is 12.1 Å². The molecule has 0 bridgehead atoms. The Morgan fingerprint density at radius 1 is 1.22 bits per heavy atom. The lowest BCUT2D eigenvalue weighted by Crippen LogP contribution is -2.34. The number of halogens is 2. The van der Waals surface area contributed by atoms with Crippen LogP contribution >= 0.6 is 11.6 Å². The van der Waals surface area contributed by atoms with Gasteiger partial charge < -0.3 is 4.74 Å². The van der Waals surface area contributed by atoms with Gasteiger partial charge in [-0.25, -0.2) is 17.6 Å². The molecule has 0 aromatic heterocycles. The fourth-order valence-electron chi connectivity index (χ4n) is 1.93. The van der Waals surface area contributed by atoms with Crippen LogP contribution in [-0.2, 0) is 19.6 Å². The molecule has 1 unspecified atom stereocenters. The van der Waals surface area contributed by atoms with Crippen LogP contribution in [0.15, 0.2) is 53.4 Å². The Kier molecular flexibility index (Phi) is 5.35. The summed E-state index contributed by atoms with van der Waals surface area (Å²) in [4.78, 5) is 11.6. The third-order valence-corrected chi connectivity index (χ3v) is 4.93. The third kappa shape index (κ3) is 4.07. The molecule has 23 heavy (non-hydrogen) atoms. The van der Waals surface area contributed by atoms with Gasteiger partial charge in [0.15, 0.2) is 0 Å². The topological polar surface area (TPSA) is 72.5 Å². The molecule has 0 aliphatic carbocycles. The summed E-state index contributed by atoms with van der Waals surface area (Å²) in [6.45, 7) is 0. The lowest BCUT2D eigenvalue weighted by Gasteiger charge is -2.17. The van der Waals surface area contributed by atoms with E-state index in [4.69, 9.17) is 11.6 Å². The molecule has 0 saturated carbocycles. The van der Waals surface area contributed by atoms with Crippen LogP contribution in [0.3, 0.4) is 0 Å². The van der Waals surface area contributed by atoms with Crippen molar-refractivity contribution in [1.29, 1.82) is 0 Å². The number of esters is 1. The Hall–Kier alpha value is -1.96. The molecule has 0 spiro atoms. The van der Waals surface area contributed by atoms with Crippen molar-refractivity contribution in [1.82, 2.24) is 4.72 Å². The predicted molar refractivity (Wildman–Crippen MR) is 82.9 cm³/mol. The summed E-state index contributed by atoms with van der Waals surface area (Å²) < 4.78 is 44.8. The van der Waals surface area contributed by atoms with E-state index in [9.17, 15) is 17.6 Å². The summed E-state index contributed by atoms with van der Waals surface area (Å²) in [7, 11) is -3.01. The molecule has 2 rings (SSSR count). The van der Waals surface area contributed by atoms with Crippen LogP contribution in [0.1, 0.15) is 11.6 Å². The Bertz CT molecular complexity index is 811. The summed E-state index contributed by atoms with van der Waals surface area (Å²) in [5.74, 6) is -1.44. The Morgan fingerprint density at radius 2 is 1.87 bits per heavy atom. The maximum Gasteiger partial charge on any atom is 0.328 e. The number of hydrogen-bond donors (Lipinski definition) is 1. The normalized spacial score (nSPS) is 12.7. The van der Waals surface area contributed by atoms with Crippen LogP contribution in [0.2, 0.25) is 5.02 Å². The maximum atomic E-state index is 13.1. The van der Waals surface area contributed by atoms with E-state index in [1.165, 1.54) is 0 Å². The average Bonchev–Trinajstić information content (AvgIpc) is 2.52. The molecule has 2 aromatic rings. The summed E-state index contributed by atoms with van der Waals surface area (Å²) in [5, 5.41) is -0.283. The van der Waals surface area contributed by atoms with Crippen molar-refractivity contribution in [2.24, 2.45) is 0 Å². The largest absolute Gasteiger partial charge is 0.468 e. The lowest BCUT2D eigenvalue weighted by molar-refractivity contribution is -0.142. The van der Waals surface area contributed by atoms with E-state index in [1.54, 1.807) is 30.3 Å². The average molecular weight is 358 g/mol. The van der Waals surface area contributed by atoms with Crippen molar-refractivity contribution in [2.45, 2.75) is 10.9 Å². The molecule has 0 saturated heterocycles. The molecule has 0 fully saturated rings. The second kappa shape index (κ2) is 7.08. The molecule has 0 aliphatic rings. The molecule has 0 heterocycles. The van der Waals surface area contributed by atoms with Gasteiger partial charge in [0.25, 0.3) is 0 Å². The smallest absolute Gasteiger partial charge is 0.328 e. The second-order valence-electron chi connectivity index (χ2n) is 4.56. The SMILES string of the molecule is COC(=O)C(NS(=O)(=O)c1ccc(F)cc1Cl)c1ccccc1. The first kappa shape index (κ1) is 17.4. The van der Waals surface area contributed by atoms with Gasteiger partial charge >= 0.3 is 5.97 Å². The number of methoxy groups -OCH3 is 1. The highest BCUT2D eigenvalue weighted by Crippen LogP contribution is 2.24. The summed E-state index contributed by atoms with van der Waals surface area (Å²) in [6.07, 6.45) is 0. The minimum Gasteiger partial charge on any atom is -0.468 e. The highest BCUT2D eigenvalue weighted by atomic mass is 35.5. The number of carbonyl (C=O) groups is 1.